The van der Waals surface area contributed by atoms with Crippen LogP contribution in [0.15, 0.2) is 57.7 Å². The number of pyridine rings is 1. The molecule has 0 bridgehead atoms. The van der Waals surface area contributed by atoms with Crippen molar-refractivity contribution in [3.05, 3.63) is 58.3 Å². The smallest absolute Gasteiger partial charge is 0.269 e. The molecule has 0 spiro atoms. The molecule has 0 aliphatic rings. The van der Waals surface area contributed by atoms with E-state index in [1.807, 2.05) is 0 Å². The second kappa shape index (κ2) is 6.02. The molecule has 8 heteroatoms. The monoisotopic (exact) mass is 290 g/mol. The van der Waals surface area contributed by atoms with Crippen molar-refractivity contribution >= 4 is 23.3 Å². The summed E-state index contributed by atoms with van der Waals surface area (Å²) in [5.41, 5.74) is 5.99. The lowest BCUT2D eigenvalue weighted by molar-refractivity contribution is -0.384. The van der Waals surface area contributed by atoms with Gasteiger partial charge in [-0.15, -0.1) is 0 Å². The summed E-state index contributed by atoms with van der Waals surface area (Å²) in [6.45, 7) is 0. The van der Waals surface area contributed by atoms with E-state index in [9.17, 15) is 10.1 Å². The fourth-order valence-electron chi connectivity index (χ4n) is 1.41. The number of nitro groups is 1. The molecule has 0 amide bonds. The molecule has 102 valence electrons. The first-order chi connectivity index (χ1) is 9.60. The Kier molecular flexibility index (Phi) is 4.16. The maximum atomic E-state index is 10.5. The van der Waals surface area contributed by atoms with Crippen molar-refractivity contribution < 1.29 is 10.1 Å². The van der Waals surface area contributed by atoms with Crippen LogP contribution in [0, 0.1) is 10.1 Å². The van der Waals surface area contributed by atoms with Crippen LogP contribution in [0.3, 0.4) is 0 Å². The van der Waals surface area contributed by atoms with Gasteiger partial charge in [-0.05, 0) is 24.3 Å². The van der Waals surface area contributed by atoms with E-state index in [2.05, 4.69) is 10.1 Å². The molecule has 2 aromatic rings. The Morgan fingerprint density at radius 3 is 2.50 bits per heavy atom. The van der Waals surface area contributed by atoms with Crippen molar-refractivity contribution in [2.24, 2.45) is 10.9 Å². The first-order valence-electron chi connectivity index (χ1n) is 5.46. The number of amidine groups is 1. The van der Waals surface area contributed by atoms with Crippen molar-refractivity contribution in [2.75, 3.05) is 0 Å². The minimum Gasteiger partial charge on any atom is -0.409 e. The van der Waals surface area contributed by atoms with E-state index in [1.165, 1.54) is 30.1 Å². The number of hydrogen-bond donors (Lipinski definition) is 2. The van der Waals surface area contributed by atoms with Gasteiger partial charge < -0.3 is 10.9 Å². The molecule has 20 heavy (non-hydrogen) atoms. The number of oxime groups is 1. The highest BCUT2D eigenvalue weighted by Crippen LogP contribution is 2.27. The second-order valence-electron chi connectivity index (χ2n) is 3.72. The number of nitrogens with two attached hydrogens (primary N) is 1. The summed E-state index contributed by atoms with van der Waals surface area (Å²) in [6.07, 6.45) is 1.49. The Hall–Kier alpha value is -2.61. The van der Waals surface area contributed by atoms with Crippen molar-refractivity contribution in [3.8, 4) is 0 Å². The van der Waals surface area contributed by atoms with Gasteiger partial charge in [0.05, 0.1) is 4.92 Å². The standard InChI is InChI=1S/C12H10N4O3S/c13-12(15-17)8-1-6-11(14-7-8)20-10-4-2-9(3-5-10)16(18)19/h1-7,17H,(H2,13,15). The molecule has 7 nitrogen and oxygen atoms in total. The number of non-ortho nitro benzene ring substituents is 1. The van der Waals surface area contributed by atoms with Crippen LogP contribution >= 0.6 is 11.8 Å². The van der Waals surface area contributed by atoms with E-state index in [0.29, 0.717) is 10.6 Å². The van der Waals surface area contributed by atoms with Crippen LogP contribution in [0.1, 0.15) is 5.56 Å². The van der Waals surface area contributed by atoms with E-state index in [4.69, 9.17) is 10.9 Å². The SMILES string of the molecule is N/C(=N\O)c1ccc(Sc2ccc([N+](=O)[O-])cc2)nc1. The maximum absolute atomic E-state index is 10.5. The van der Waals surface area contributed by atoms with E-state index in [-0.39, 0.29) is 11.5 Å². The van der Waals surface area contributed by atoms with Gasteiger partial charge in [-0.1, -0.05) is 16.9 Å². The van der Waals surface area contributed by atoms with Crippen LogP contribution in [-0.2, 0) is 0 Å². The second-order valence-corrected chi connectivity index (χ2v) is 4.82. The van der Waals surface area contributed by atoms with Crippen molar-refractivity contribution in [1.29, 1.82) is 0 Å². The highest BCUT2D eigenvalue weighted by atomic mass is 32.2. The third-order valence-electron chi connectivity index (χ3n) is 2.41. The van der Waals surface area contributed by atoms with Gasteiger partial charge in [0.1, 0.15) is 5.03 Å². The van der Waals surface area contributed by atoms with E-state index in [1.54, 1.807) is 24.3 Å². The molecular weight excluding hydrogens is 280 g/mol. The number of rotatable bonds is 4. The predicted molar refractivity (Wildman–Crippen MR) is 74.0 cm³/mol. The molecule has 1 aromatic carbocycles. The van der Waals surface area contributed by atoms with Gasteiger partial charge in [0.25, 0.3) is 5.69 Å². The lowest BCUT2D eigenvalue weighted by Crippen LogP contribution is -2.13. The highest BCUT2D eigenvalue weighted by molar-refractivity contribution is 7.99. The number of aromatic nitrogens is 1. The van der Waals surface area contributed by atoms with Gasteiger partial charge in [0, 0.05) is 28.8 Å². The van der Waals surface area contributed by atoms with Gasteiger partial charge in [-0.3, -0.25) is 10.1 Å². The van der Waals surface area contributed by atoms with Crippen LogP contribution < -0.4 is 5.73 Å². The van der Waals surface area contributed by atoms with Crippen LogP contribution in [-0.4, -0.2) is 21.0 Å². The Morgan fingerprint density at radius 2 is 2.00 bits per heavy atom. The summed E-state index contributed by atoms with van der Waals surface area (Å²) in [4.78, 5) is 15.1. The number of nitro benzene ring substituents is 1. The molecule has 0 atom stereocenters. The fourth-order valence-corrected chi connectivity index (χ4v) is 2.16. The zero-order chi connectivity index (χ0) is 14.5. The molecular formula is C12H10N4O3S. The van der Waals surface area contributed by atoms with Gasteiger partial charge in [0.15, 0.2) is 5.84 Å². The predicted octanol–water partition coefficient (Wildman–Crippen LogP) is 2.24. The summed E-state index contributed by atoms with van der Waals surface area (Å²) in [6, 6.07) is 9.58. The quantitative estimate of drug-likeness (QED) is 0.293. The Bertz CT molecular complexity index is 641. The molecule has 0 unspecified atom stereocenters. The number of nitrogens with zero attached hydrogens (tertiary/aromatic N) is 3. The van der Waals surface area contributed by atoms with Gasteiger partial charge in [-0.25, -0.2) is 4.98 Å². The van der Waals surface area contributed by atoms with Crippen LogP contribution in [0.2, 0.25) is 0 Å². The summed E-state index contributed by atoms with van der Waals surface area (Å²) in [7, 11) is 0. The Labute approximate surface area is 118 Å². The van der Waals surface area contributed by atoms with Gasteiger partial charge in [-0.2, -0.15) is 0 Å². The molecule has 0 fully saturated rings. The van der Waals surface area contributed by atoms with Crippen molar-refractivity contribution in [2.45, 2.75) is 9.92 Å². The molecule has 0 aliphatic carbocycles. The number of hydrogen-bond acceptors (Lipinski definition) is 6. The van der Waals surface area contributed by atoms with Gasteiger partial charge in [0.2, 0.25) is 0 Å². The average Bonchev–Trinajstić information content (AvgIpc) is 2.48. The largest absolute Gasteiger partial charge is 0.409 e. The molecule has 1 aromatic heterocycles. The van der Waals surface area contributed by atoms with Crippen molar-refractivity contribution in [3.63, 3.8) is 0 Å². The molecule has 0 radical (unpaired) electrons. The topological polar surface area (TPSA) is 115 Å². The maximum Gasteiger partial charge on any atom is 0.269 e. The molecule has 0 saturated carbocycles. The van der Waals surface area contributed by atoms with Crippen LogP contribution in [0.5, 0.6) is 0 Å². The third kappa shape index (κ3) is 3.23. The fraction of sp³-hybridized carbons (Fsp3) is 0. The molecule has 2 rings (SSSR count). The van der Waals surface area contributed by atoms with E-state index >= 15 is 0 Å². The van der Waals surface area contributed by atoms with Crippen LogP contribution in [0.4, 0.5) is 5.69 Å². The minimum absolute atomic E-state index is 0.00983. The van der Waals surface area contributed by atoms with E-state index in [0.717, 1.165) is 4.90 Å². The molecule has 0 saturated heterocycles. The van der Waals surface area contributed by atoms with Crippen molar-refractivity contribution in [1.82, 2.24) is 4.98 Å². The summed E-state index contributed by atoms with van der Waals surface area (Å²) >= 11 is 1.36. The normalized spacial score (nSPS) is 11.3. The average molecular weight is 290 g/mol. The molecule has 0 aliphatic heterocycles. The Balaban J connectivity index is 2.12. The number of benzene rings is 1. The summed E-state index contributed by atoms with van der Waals surface area (Å²) < 4.78 is 0. The molecule has 1 heterocycles. The Morgan fingerprint density at radius 1 is 1.30 bits per heavy atom. The van der Waals surface area contributed by atoms with Crippen LogP contribution in [0.25, 0.3) is 0 Å². The molecule has 3 N–H and O–H groups in total. The third-order valence-corrected chi connectivity index (χ3v) is 3.37. The lowest BCUT2D eigenvalue weighted by atomic mass is 10.3. The minimum atomic E-state index is -0.446. The zero-order valence-corrected chi connectivity index (χ0v) is 10.9. The van der Waals surface area contributed by atoms with Gasteiger partial charge >= 0.3 is 0 Å². The summed E-state index contributed by atoms with van der Waals surface area (Å²) in [5.74, 6) is -0.00983. The van der Waals surface area contributed by atoms with E-state index < -0.39 is 4.92 Å². The first kappa shape index (κ1) is 13.8. The lowest BCUT2D eigenvalue weighted by Gasteiger charge is -2.02. The first-order valence-corrected chi connectivity index (χ1v) is 6.28. The summed E-state index contributed by atoms with van der Waals surface area (Å²) in [5, 5.41) is 22.7. The zero-order valence-electron chi connectivity index (χ0n) is 10.1. The highest BCUT2D eigenvalue weighted by Gasteiger charge is 2.06.